The smallest absolute Gasteiger partial charge is 0.266 e. The molecule has 0 aliphatic carbocycles. The van der Waals surface area contributed by atoms with Crippen LogP contribution in [-0.2, 0) is 0 Å². The standard InChI is InChI=1S/C21H16N4O3/c22-13-6-4-12(5-7-13)19(26)24-15-8-9-17-18(11-15)21(28)25(20(17)27)16-3-1-2-14(23)10-16/h1-11H,22-23H2,(H,24,26). The number of imide groups is 1. The van der Waals surface area contributed by atoms with Gasteiger partial charge in [-0.2, -0.15) is 0 Å². The van der Waals surface area contributed by atoms with Crippen molar-refractivity contribution in [3.63, 3.8) is 0 Å². The van der Waals surface area contributed by atoms with Gasteiger partial charge in [-0.3, -0.25) is 14.4 Å². The molecular weight excluding hydrogens is 356 g/mol. The van der Waals surface area contributed by atoms with Gasteiger partial charge in [0.15, 0.2) is 0 Å². The predicted octanol–water partition coefficient (Wildman–Crippen LogP) is 2.90. The van der Waals surface area contributed by atoms with E-state index in [0.717, 1.165) is 4.90 Å². The number of hydrogen-bond donors (Lipinski definition) is 3. The van der Waals surface area contributed by atoms with Crippen molar-refractivity contribution in [1.82, 2.24) is 0 Å². The van der Waals surface area contributed by atoms with Gasteiger partial charge in [0.05, 0.1) is 16.8 Å². The lowest BCUT2D eigenvalue weighted by molar-refractivity contribution is 0.0924. The van der Waals surface area contributed by atoms with Gasteiger partial charge in [-0.1, -0.05) is 6.07 Å². The number of rotatable bonds is 3. The fraction of sp³-hybridized carbons (Fsp3) is 0. The minimum atomic E-state index is -0.464. The van der Waals surface area contributed by atoms with E-state index < -0.39 is 11.8 Å². The van der Waals surface area contributed by atoms with Crippen LogP contribution in [0, 0.1) is 0 Å². The van der Waals surface area contributed by atoms with Gasteiger partial charge >= 0.3 is 0 Å². The van der Waals surface area contributed by atoms with E-state index >= 15 is 0 Å². The van der Waals surface area contributed by atoms with Crippen LogP contribution in [0.1, 0.15) is 31.1 Å². The lowest BCUT2D eigenvalue weighted by Gasteiger charge is -2.14. The van der Waals surface area contributed by atoms with Gasteiger partial charge in [-0.15, -0.1) is 0 Å². The van der Waals surface area contributed by atoms with Gasteiger partial charge < -0.3 is 16.8 Å². The van der Waals surface area contributed by atoms with Crippen LogP contribution in [0.5, 0.6) is 0 Å². The molecule has 1 aliphatic rings. The predicted molar refractivity (Wildman–Crippen MR) is 107 cm³/mol. The van der Waals surface area contributed by atoms with E-state index in [1.165, 1.54) is 12.1 Å². The van der Waals surface area contributed by atoms with Crippen molar-refractivity contribution >= 4 is 40.5 Å². The summed E-state index contributed by atoms with van der Waals surface area (Å²) in [6.45, 7) is 0. The van der Waals surface area contributed by atoms with Crippen LogP contribution in [0.25, 0.3) is 0 Å². The summed E-state index contributed by atoms with van der Waals surface area (Å²) >= 11 is 0. The SMILES string of the molecule is Nc1ccc(C(=O)Nc2ccc3c(c2)C(=O)N(c2cccc(N)c2)C3=O)cc1. The fourth-order valence-electron chi connectivity index (χ4n) is 3.05. The monoisotopic (exact) mass is 372 g/mol. The van der Waals surface area contributed by atoms with Crippen molar-refractivity contribution in [1.29, 1.82) is 0 Å². The Morgan fingerprint density at radius 1 is 0.786 bits per heavy atom. The Labute approximate surface area is 160 Å². The minimum absolute atomic E-state index is 0.225. The zero-order chi connectivity index (χ0) is 19.8. The Hall–Kier alpha value is -4.13. The summed E-state index contributed by atoms with van der Waals surface area (Å²) in [6, 6.07) is 17.6. The molecule has 28 heavy (non-hydrogen) atoms. The summed E-state index contributed by atoms with van der Waals surface area (Å²) in [5.41, 5.74) is 14.1. The van der Waals surface area contributed by atoms with E-state index in [-0.39, 0.29) is 17.0 Å². The molecule has 0 unspecified atom stereocenters. The summed E-state index contributed by atoms with van der Waals surface area (Å²) in [7, 11) is 0. The number of carbonyl (C=O) groups excluding carboxylic acids is 3. The average Bonchev–Trinajstić information content (AvgIpc) is 2.92. The van der Waals surface area contributed by atoms with Gasteiger partial charge in [0, 0.05) is 22.6 Å². The van der Waals surface area contributed by atoms with Crippen molar-refractivity contribution in [2.75, 3.05) is 21.7 Å². The van der Waals surface area contributed by atoms with Gasteiger partial charge in [0.1, 0.15) is 0 Å². The first-order valence-corrected chi connectivity index (χ1v) is 8.49. The van der Waals surface area contributed by atoms with Crippen LogP contribution in [-0.4, -0.2) is 17.7 Å². The molecule has 0 saturated carbocycles. The van der Waals surface area contributed by atoms with Gasteiger partial charge in [-0.25, -0.2) is 4.90 Å². The number of nitrogen functional groups attached to an aromatic ring is 2. The Bertz CT molecular complexity index is 1120. The Kier molecular flexibility index (Phi) is 4.04. The van der Waals surface area contributed by atoms with Crippen molar-refractivity contribution in [2.24, 2.45) is 0 Å². The lowest BCUT2D eigenvalue weighted by atomic mass is 10.1. The molecule has 3 aromatic carbocycles. The molecule has 4 rings (SSSR count). The molecule has 0 aromatic heterocycles. The second kappa shape index (κ2) is 6.55. The van der Waals surface area contributed by atoms with Crippen molar-refractivity contribution < 1.29 is 14.4 Å². The van der Waals surface area contributed by atoms with Crippen LogP contribution in [0.4, 0.5) is 22.7 Å². The molecule has 0 bridgehead atoms. The topological polar surface area (TPSA) is 119 Å². The van der Waals surface area contributed by atoms with Gasteiger partial charge in [-0.05, 0) is 60.7 Å². The average molecular weight is 372 g/mol. The Morgan fingerprint density at radius 3 is 2.21 bits per heavy atom. The van der Waals surface area contributed by atoms with E-state index in [9.17, 15) is 14.4 Å². The highest BCUT2D eigenvalue weighted by atomic mass is 16.2. The summed E-state index contributed by atoms with van der Waals surface area (Å²) < 4.78 is 0. The number of amides is 3. The molecule has 0 atom stereocenters. The maximum atomic E-state index is 12.8. The van der Waals surface area contributed by atoms with E-state index in [4.69, 9.17) is 11.5 Å². The van der Waals surface area contributed by atoms with Gasteiger partial charge in [0.2, 0.25) is 0 Å². The molecule has 0 spiro atoms. The molecule has 0 fully saturated rings. The molecule has 1 aliphatic heterocycles. The zero-order valence-corrected chi connectivity index (χ0v) is 14.7. The third-order valence-corrected chi connectivity index (χ3v) is 4.45. The van der Waals surface area contributed by atoms with Crippen LogP contribution in [0.3, 0.4) is 0 Å². The van der Waals surface area contributed by atoms with Crippen molar-refractivity contribution in [3.05, 3.63) is 83.4 Å². The summed E-state index contributed by atoms with van der Waals surface area (Å²) in [5.74, 6) is -1.24. The second-order valence-electron chi connectivity index (χ2n) is 6.38. The molecule has 3 aromatic rings. The number of nitrogens with zero attached hydrogens (tertiary/aromatic N) is 1. The normalized spacial score (nSPS) is 12.8. The second-order valence-corrected chi connectivity index (χ2v) is 6.38. The fourth-order valence-corrected chi connectivity index (χ4v) is 3.05. The maximum Gasteiger partial charge on any atom is 0.266 e. The van der Waals surface area contributed by atoms with Crippen LogP contribution < -0.4 is 21.7 Å². The summed E-state index contributed by atoms with van der Waals surface area (Å²) in [6.07, 6.45) is 0. The molecule has 0 radical (unpaired) electrons. The Morgan fingerprint density at radius 2 is 1.50 bits per heavy atom. The highest BCUT2D eigenvalue weighted by Crippen LogP contribution is 2.31. The van der Waals surface area contributed by atoms with E-state index in [0.29, 0.717) is 28.3 Å². The number of nitrogens with one attached hydrogen (secondary N) is 1. The first kappa shape index (κ1) is 17.3. The van der Waals surface area contributed by atoms with E-state index in [1.54, 1.807) is 54.6 Å². The molecule has 0 saturated heterocycles. The van der Waals surface area contributed by atoms with Crippen LogP contribution in [0.2, 0.25) is 0 Å². The summed E-state index contributed by atoms with van der Waals surface area (Å²) in [5, 5.41) is 2.72. The van der Waals surface area contributed by atoms with Crippen molar-refractivity contribution in [3.8, 4) is 0 Å². The molecule has 7 heteroatoms. The van der Waals surface area contributed by atoms with E-state index in [1.807, 2.05) is 0 Å². The maximum absolute atomic E-state index is 12.8. The number of hydrogen-bond acceptors (Lipinski definition) is 5. The summed E-state index contributed by atoms with van der Waals surface area (Å²) in [4.78, 5) is 38.9. The number of nitrogens with two attached hydrogens (primary N) is 2. The zero-order valence-electron chi connectivity index (χ0n) is 14.7. The molecule has 1 heterocycles. The molecule has 7 nitrogen and oxygen atoms in total. The van der Waals surface area contributed by atoms with Crippen LogP contribution >= 0.6 is 0 Å². The first-order valence-electron chi connectivity index (χ1n) is 8.49. The number of benzene rings is 3. The first-order chi connectivity index (χ1) is 13.4. The Balaban J connectivity index is 1.62. The minimum Gasteiger partial charge on any atom is -0.399 e. The number of fused-ring (bicyclic) bond motifs is 1. The number of carbonyl (C=O) groups is 3. The highest BCUT2D eigenvalue weighted by molar-refractivity contribution is 6.34. The largest absolute Gasteiger partial charge is 0.399 e. The quantitative estimate of drug-likeness (QED) is 0.482. The third-order valence-electron chi connectivity index (χ3n) is 4.45. The molecular formula is C21H16N4O3. The van der Waals surface area contributed by atoms with Crippen molar-refractivity contribution in [2.45, 2.75) is 0 Å². The third kappa shape index (κ3) is 2.95. The highest BCUT2D eigenvalue weighted by Gasteiger charge is 2.36. The van der Waals surface area contributed by atoms with Crippen LogP contribution in [0.15, 0.2) is 66.7 Å². The molecule has 5 N–H and O–H groups in total. The lowest BCUT2D eigenvalue weighted by Crippen LogP contribution is -2.29. The molecule has 3 amide bonds. The van der Waals surface area contributed by atoms with Gasteiger partial charge in [0.25, 0.3) is 17.7 Å². The molecule has 138 valence electrons. The number of anilines is 4. The van der Waals surface area contributed by atoms with E-state index in [2.05, 4.69) is 5.32 Å².